The first-order chi connectivity index (χ1) is 9.49. The van der Waals surface area contributed by atoms with E-state index in [0.29, 0.717) is 11.4 Å². The predicted octanol–water partition coefficient (Wildman–Crippen LogP) is 1.17. The van der Waals surface area contributed by atoms with E-state index in [1.165, 1.54) is 22.1 Å². The molecule has 0 saturated carbocycles. The number of aliphatic hydroxyl groups excluding tert-OH is 1. The summed E-state index contributed by atoms with van der Waals surface area (Å²) in [5, 5.41) is 8.90. The number of anilines is 1. The first-order valence-electron chi connectivity index (χ1n) is 6.17. The molecule has 0 atom stereocenters. The fraction of sp³-hybridized carbons (Fsp3) is 0.385. The lowest BCUT2D eigenvalue weighted by molar-refractivity contribution is 0.260. The monoisotopic (exact) mass is 316 g/mol. The maximum atomic E-state index is 12.1. The zero-order valence-electron chi connectivity index (χ0n) is 11.2. The second kappa shape index (κ2) is 8.31. The van der Waals surface area contributed by atoms with Gasteiger partial charge in [0.05, 0.1) is 12.4 Å². The summed E-state index contributed by atoms with van der Waals surface area (Å²) in [6, 6.07) is 7.32. The summed E-state index contributed by atoms with van der Waals surface area (Å²) in [6.45, 7) is 3.64. The van der Waals surface area contributed by atoms with Crippen LogP contribution >= 0.6 is 11.8 Å². The Balaban J connectivity index is 2.55. The zero-order valence-corrected chi connectivity index (χ0v) is 12.9. The number of benzene rings is 1. The molecule has 112 valence electrons. The lowest BCUT2D eigenvalue weighted by atomic mass is 10.3. The van der Waals surface area contributed by atoms with Gasteiger partial charge in [-0.25, -0.2) is 8.42 Å². The molecule has 0 saturated heterocycles. The smallest absolute Gasteiger partial charge is 0.215 e. The van der Waals surface area contributed by atoms with Crippen molar-refractivity contribution in [3.63, 3.8) is 0 Å². The van der Waals surface area contributed by atoms with Gasteiger partial charge in [-0.1, -0.05) is 12.1 Å². The second-order valence-electron chi connectivity index (χ2n) is 4.11. The molecule has 0 heterocycles. The van der Waals surface area contributed by atoms with Crippen molar-refractivity contribution in [1.82, 2.24) is 4.31 Å². The molecule has 0 amide bonds. The van der Waals surface area contributed by atoms with E-state index in [4.69, 9.17) is 10.8 Å². The van der Waals surface area contributed by atoms with Crippen molar-refractivity contribution in [1.29, 1.82) is 0 Å². The molecule has 0 aromatic heterocycles. The Hall–Kier alpha value is -1.02. The molecule has 0 aliphatic carbocycles. The highest BCUT2D eigenvalue weighted by Gasteiger charge is 2.19. The summed E-state index contributed by atoms with van der Waals surface area (Å²) in [6.07, 6.45) is 1.51. The van der Waals surface area contributed by atoms with E-state index in [-0.39, 0.29) is 25.4 Å². The van der Waals surface area contributed by atoms with Crippen molar-refractivity contribution < 1.29 is 13.5 Å². The molecule has 5 nitrogen and oxygen atoms in total. The number of sulfonamides is 1. The molecule has 0 aliphatic rings. The number of hydrogen-bond acceptors (Lipinski definition) is 5. The van der Waals surface area contributed by atoms with Crippen LogP contribution < -0.4 is 5.73 Å². The summed E-state index contributed by atoms with van der Waals surface area (Å²) in [4.78, 5) is 0.942. The molecule has 0 radical (unpaired) electrons. The van der Waals surface area contributed by atoms with Gasteiger partial charge in [0, 0.05) is 29.4 Å². The third-order valence-electron chi connectivity index (χ3n) is 2.54. The second-order valence-corrected chi connectivity index (χ2v) is 7.36. The van der Waals surface area contributed by atoms with E-state index in [9.17, 15) is 8.42 Å². The van der Waals surface area contributed by atoms with E-state index in [2.05, 4.69) is 6.58 Å². The molecular formula is C13H20N2O3S2. The average molecular weight is 316 g/mol. The Kier molecular flexibility index (Phi) is 7.08. The molecule has 7 heteroatoms. The average Bonchev–Trinajstić information content (AvgIpc) is 2.38. The normalized spacial score (nSPS) is 11.7. The number of nitrogen functional groups attached to an aromatic ring is 1. The highest BCUT2D eigenvalue weighted by molar-refractivity contribution is 8.00. The molecule has 3 N–H and O–H groups in total. The van der Waals surface area contributed by atoms with Gasteiger partial charge < -0.3 is 10.8 Å². The first-order valence-corrected chi connectivity index (χ1v) is 8.77. The van der Waals surface area contributed by atoms with Gasteiger partial charge in [-0.3, -0.25) is 0 Å². The minimum atomic E-state index is -3.38. The lowest BCUT2D eigenvalue weighted by Gasteiger charge is -2.19. The van der Waals surface area contributed by atoms with Gasteiger partial charge in [-0.05, 0) is 18.2 Å². The molecule has 0 bridgehead atoms. The number of hydrogen-bond donors (Lipinski definition) is 2. The van der Waals surface area contributed by atoms with Crippen LogP contribution in [-0.4, -0.2) is 49.0 Å². The Morgan fingerprint density at radius 2 is 2.20 bits per heavy atom. The summed E-state index contributed by atoms with van der Waals surface area (Å²) < 4.78 is 25.4. The van der Waals surface area contributed by atoms with Crippen LogP contribution in [0.1, 0.15) is 0 Å². The van der Waals surface area contributed by atoms with Crippen LogP contribution in [0.3, 0.4) is 0 Å². The number of rotatable bonds is 9. The van der Waals surface area contributed by atoms with Crippen LogP contribution in [0.4, 0.5) is 5.69 Å². The van der Waals surface area contributed by atoms with E-state index >= 15 is 0 Å². The summed E-state index contributed by atoms with van der Waals surface area (Å²) in [5.41, 5.74) is 6.32. The maximum absolute atomic E-state index is 12.1. The van der Waals surface area contributed by atoms with Gasteiger partial charge in [-0.15, -0.1) is 18.3 Å². The molecule has 1 rings (SSSR count). The molecule has 0 fully saturated rings. The Morgan fingerprint density at radius 3 is 2.80 bits per heavy atom. The fourth-order valence-corrected chi connectivity index (χ4v) is 4.35. The van der Waals surface area contributed by atoms with Crippen LogP contribution in [0.5, 0.6) is 0 Å². The highest BCUT2D eigenvalue weighted by atomic mass is 32.2. The fourth-order valence-electron chi connectivity index (χ4n) is 1.60. The van der Waals surface area contributed by atoms with Gasteiger partial charge in [0.25, 0.3) is 0 Å². The molecule has 0 spiro atoms. The van der Waals surface area contributed by atoms with Crippen molar-refractivity contribution in [2.75, 3.05) is 36.9 Å². The molecule has 0 unspecified atom stereocenters. The molecule has 20 heavy (non-hydrogen) atoms. The van der Waals surface area contributed by atoms with Crippen molar-refractivity contribution >= 4 is 27.5 Å². The number of nitrogens with two attached hydrogens (primary N) is 1. The summed E-state index contributed by atoms with van der Waals surface area (Å²) in [7, 11) is -3.38. The Bertz CT molecular complexity index is 532. The SMILES string of the molecule is C=CCN(CCO)S(=O)(=O)CCSc1cccc(N)c1. The van der Waals surface area contributed by atoms with E-state index in [1.54, 1.807) is 6.07 Å². The van der Waals surface area contributed by atoms with Crippen LogP contribution in [0, 0.1) is 0 Å². The summed E-state index contributed by atoms with van der Waals surface area (Å²) in [5.74, 6) is 0.450. The van der Waals surface area contributed by atoms with Crippen LogP contribution in [0.2, 0.25) is 0 Å². The quantitative estimate of drug-likeness (QED) is 0.406. The Morgan fingerprint density at radius 1 is 1.45 bits per heavy atom. The minimum absolute atomic E-state index is 0.0142. The largest absolute Gasteiger partial charge is 0.399 e. The molecule has 1 aromatic rings. The van der Waals surface area contributed by atoms with Crippen LogP contribution in [0.15, 0.2) is 41.8 Å². The van der Waals surface area contributed by atoms with Crippen LogP contribution in [0.25, 0.3) is 0 Å². The summed E-state index contributed by atoms with van der Waals surface area (Å²) >= 11 is 1.44. The van der Waals surface area contributed by atoms with Crippen molar-refractivity contribution in [2.24, 2.45) is 0 Å². The van der Waals surface area contributed by atoms with Gasteiger partial charge >= 0.3 is 0 Å². The van der Waals surface area contributed by atoms with Crippen molar-refractivity contribution in [3.8, 4) is 0 Å². The zero-order chi connectivity index (χ0) is 15.0. The van der Waals surface area contributed by atoms with Crippen molar-refractivity contribution in [3.05, 3.63) is 36.9 Å². The van der Waals surface area contributed by atoms with E-state index in [0.717, 1.165) is 4.90 Å². The van der Waals surface area contributed by atoms with Gasteiger partial charge in [0.1, 0.15) is 0 Å². The molecule has 1 aromatic carbocycles. The van der Waals surface area contributed by atoms with E-state index < -0.39 is 10.0 Å². The van der Waals surface area contributed by atoms with Gasteiger partial charge in [0.15, 0.2) is 0 Å². The first kappa shape index (κ1) is 17.0. The molecule has 0 aliphatic heterocycles. The standard InChI is InChI=1S/C13H20N2O3S2/c1-2-6-15(7-8-16)20(17,18)10-9-19-13-5-3-4-12(14)11-13/h2-5,11,16H,1,6-10,14H2. The van der Waals surface area contributed by atoms with Crippen molar-refractivity contribution in [2.45, 2.75) is 4.90 Å². The third kappa shape index (κ3) is 5.54. The van der Waals surface area contributed by atoms with E-state index in [1.807, 2.05) is 18.2 Å². The Labute approximate surface area is 124 Å². The van der Waals surface area contributed by atoms with Crippen LogP contribution in [-0.2, 0) is 10.0 Å². The predicted molar refractivity (Wildman–Crippen MR) is 84.2 cm³/mol. The minimum Gasteiger partial charge on any atom is -0.399 e. The molecular weight excluding hydrogens is 296 g/mol. The number of thioether (sulfide) groups is 1. The van der Waals surface area contributed by atoms with Gasteiger partial charge in [0.2, 0.25) is 10.0 Å². The van der Waals surface area contributed by atoms with Gasteiger partial charge in [-0.2, -0.15) is 4.31 Å². The highest BCUT2D eigenvalue weighted by Crippen LogP contribution is 2.20. The lowest BCUT2D eigenvalue weighted by Crippen LogP contribution is -2.36. The topological polar surface area (TPSA) is 83.6 Å². The number of nitrogens with zero attached hydrogens (tertiary/aromatic N) is 1. The number of aliphatic hydroxyl groups is 1. The maximum Gasteiger partial charge on any atom is 0.215 e. The third-order valence-corrected chi connectivity index (χ3v) is 5.64.